The number of rotatable bonds is 6. The number of fused-ring (bicyclic) bond motifs is 1. The van der Waals surface area contributed by atoms with Crippen molar-refractivity contribution in [1.29, 1.82) is 0 Å². The van der Waals surface area contributed by atoms with Crippen molar-refractivity contribution < 1.29 is 14.3 Å². The molecule has 2 heterocycles. The second kappa shape index (κ2) is 11.2. The molecule has 0 bridgehead atoms. The largest absolute Gasteiger partial charge is 0.490 e. The van der Waals surface area contributed by atoms with E-state index >= 15 is 0 Å². The number of hydrogen-bond acceptors (Lipinski definition) is 4. The Hall–Kier alpha value is -1.71. The molecule has 0 spiro atoms. The lowest BCUT2D eigenvalue weighted by atomic mass is 10.3. The van der Waals surface area contributed by atoms with Crippen LogP contribution in [0.3, 0.4) is 0 Å². The molecule has 0 aromatic heterocycles. The van der Waals surface area contributed by atoms with Crippen LogP contribution in [0.5, 0.6) is 11.5 Å². The van der Waals surface area contributed by atoms with Crippen molar-refractivity contribution in [2.24, 2.45) is 4.99 Å². The van der Waals surface area contributed by atoms with E-state index < -0.39 is 0 Å². The average Bonchev–Trinajstić information content (AvgIpc) is 2.90. The summed E-state index contributed by atoms with van der Waals surface area (Å²) >= 11 is 0. The van der Waals surface area contributed by atoms with E-state index in [0.29, 0.717) is 26.2 Å². The number of nitrogens with zero attached hydrogens (tertiary/aromatic N) is 2. The Balaban J connectivity index is 0.00000261. The Kier molecular flexibility index (Phi) is 8.96. The molecule has 0 atom stereocenters. The summed E-state index contributed by atoms with van der Waals surface area (Å²) in [6.07, 6.45) is 3.43. The van der Waals surface area contributed by atoms with Crippen LogP contribution in [0.15, 0.2) is 23.2 Å². The summed E-state index contributed by atoms with van der Waals surface area (Å²) in [6, 6.07) is 5.82. The summed E-state index contributed by atoms with van der Waals surface area (Å²) in [5.41, 5.74) is 0.906. The topological polar surface area (TPSA) is 75.2 Å². The van der Waals surface area contributed by atoms with Gasteiger partial charge in [0.2, 0.25) is 5.91 Å². The SMILES string of the molecule is CCNC(=NCCCN1CCCC1=O)Nc1ccc2c(c1)OCCCO2.I. The number of benzene rings is 1. The van der Waals surface area contributed by atoms with Crippen LogP contribution in [0.1, 0.15) is 32.6 Å². The minimum atomic E-state index is 0. The van der Waals surface area contributed by atoms with E-state index in [-0.39, 0.29) is 29.9 Å². The van der Waals surface area contributed by atoms with Gasteiger partial charge >= 0.3 is 0 Å². The second-order valence-corrected chi connectivity index (χ2v) is 6.44. The molecule has 1 fully saturated rings. The van der Waals surface area contributed by atoms with E-state index in [1.807, 2.05) is 30.0 Å². The predicted molar refractivity (Wildman–Crippen MR) is 117 cm³/mol. The number of aliphatic imine (C=N–C) groups is 1. The molecule has 2 aliphatic rings. The summed E-state index contributed by atoms with van der Waals surface area (Å²) in [4.78, 5) is 18.2. The van der Waals surface area contributed by atoms with Gasteiger partial charge in [-0.05, 0) is 31.9 Å². The first kappa shape index (κ1) is 21.6. The molecule has 1 aromatic rings. The number of hydrogen-bond donors (Lipinski definition) is 2. The van der Waals surface area contributed by atoms with Gasteiger partial charge in [0.05, 0.1) is 13.2 Å². The summed E-state index contributed by atoms with van der Waals surface area (Å²) in [5, 5.41) is 6.56. The van der Waals surface area contributed by atoms with E-state index in [1.54, 1.807) is 0 Å². The van der Waals surface area contributed by atoms with Crippen molar-refractivity contribution in [3.05, 3.63) is 18.2 Å². The summed E-state index contributed by atoms with van der Waals surface area (Å²) < 4.78 is 11.4. The van der Waals surface area contributed by atoms with Crippen LogP contribution in [-0.2, 0) is 4.79 Å². The summed E-state index contributed by atoms with van der Waals surface area (Å²) in [6.45, 7) is 6.51. The first-order valence-corrected chi connectivity index (χ1v) is 9.49. The van der Waals surface area contributed by atoms with Crippen molar-refractivity contribution in [2.45, 2.75) is 32.6 Å². The van der Waals surface area contributed by atoms with E-state index in [2.05, 4.69) is 15.6 Å². The maximum absolute atomic E-state index is 11.6. The van der Waals surface area contributed by atoms with Crippen LogP contribution in [0.25, 0.3) is 0 Å². The van der Waals surface area contributed by atoms with Gasteiger partial charge in [-0.3, -0.25) is 9.79 Å². The molecular formula is C19H29IN4O3. The number of halogens is 1. The van der Waals surface area contributed by atoms with Crippen LogP contribution in [0, 0.1) is 0 Å². The fourth-order valence-electron chi connectivity index (χ4n) is 3.08. The van der Waals surface area contributed by atoms with Gasteiger partial charge in [0.1, 0.15) is 0 Å². The van der Waals surface area contributed by atoms with Gasteiger partial charge in [-0.25, -0.2) is 0 Å². The third kappa shape index (κ3) is 6.44. The molecular weight excluding hydrogens is 459 g/mol. The number of carbonyl (C=O) groups excluding carboxylic acids is 1. The van der Waals surface area contributed by atoms with Gasteiger partial charge in [-0.2, -0.15) is 0 Å². The molecule has 1 aromatic carbocycles. The Bertz CT molecular complexity index is 654. The van der Waals surface area contributed by atoms with Gasteiger partial charge in [-0.1, -0.05) is 0 Å². The van der Waals surface area contributed by atoms with Gasteiger partial charge in [0, 0.05) is 50.8 Å². The van der Waals surface area contributed by atoms with Gasteiger partial charge in [-0.15, -0.1) is 24.0 Å². The van der Waals surface area contributed by atoms with Crippen molar-refractivity contribution in [3.63, 3.8) is 0 Å². The molecule has 2 N–H and O–H groups in total. The zero-order valence-electron chi connectivity index (χ0n) is 15.8. The molecule has 1 saturated heterocycles. The Morgan fingerprint density at radius 1 is 1.22 bits per heavy atom. The number of nitrogens with one attached hydrogen (secondary N) is 2. The zero-order chi connectivity index (χ0) is 18.2. The van der Waals surface area contributed by atoms with Crippen molar-refractivity contribution in [2.75, 3.05) is 44.7 Å². The van der Waals surface area contributed by atoms with Gasteiger partial charge < -0.3 is 25.0 Å². The number of carbonyl (C=O) groups is 1. The smallest absolute Gasteiger partial charge is 0.222 e. The number of anilines is 1. The quantitative estimate of drug-likeness (QED) is 0.279. The molecule has 0 aliphatic carbocycles. The molecule has 0 saturated carbocycles. The van der Waals surface area contributed by atoms with E-state index in [0.717, 1.165) is 62.0 Å². The third-order valence-electron chi connectivity index (χ3n) is 4.38. The Morgan fingerprint density at radius 3 is 2.78 bits per heavy atom. The fraction of sp³-hybridized carbons (Fsp3) is 0.579. The van der Waals surface area contributed by atoms with Crippen molar-refractivity contribution in [1.82, 2.24) is 10.2 Å². The highest BCUT2D eigenvalue weighted by atomic mass is 127. The minimum absolute atomic E-state index is 0. The van der Waals surface area contributed by atoms with Gasteiger partial charge in [0.15, 0.2) is 17.5 Å². The van der Waals surface area contributed by atoms with Crippen LogP contribution in [0.4, 0.5) is 5.69 Å². The summed E-state index contributed by atoms with van der Waals surface area (Å²) in [7, 11) is 0. The maximum atomic E-state index is 11.6. The monoisotopic (exact) mass is 488 g/mol. The lowest BCUT2D eigenvalue weighted by Gasteiger charge is -2.15. The van der Waals surface area contributed by atoms with Crippen LogP contribution in [0.2, 0.25) is 0 Å². The van der Waals surface area contributed by atoms with E-state index in [9.17, 15) is 4.79 Å². The number of amides is 1. The lowest BCUT2D eigenvalue weighted by Crippen LogP contribution is -2.31. The molecule has 8 heteroatoms. The Labute approximate surface area is 177 Å². The third-order valence-corrected chi connectivity index (χ3v) is 4.38. The fourth-order valence-corrected chi connectivity index (χ4v) is 3.08. The van der Waals surface area contributed by atoms with E-state index in [4.69, 9.17) is 9.47 Å². The Morgan fingerprint density at radius 2 is 2.04 bits per heavy atom. The number of ether oxygens (including phenoxy) is 2. The molecule has 7 nitrogen and oxygen atoms in total. The first-order chi connectivity index (χ1) is 12.8. The first-order valence-electron chi connectivity index (χ1n) is 9.49. The molecule has 150 valence electrons. The van der Waals surface area contributed by atoms with E-state index in [1.165, 1.54) is 0 Å². The van der Waals surface area contributed by atoms with Crippen molar-refractivity contribution >= 4 is 41.5 Å². The normalized spacial score (nSPS) is 16.6. The minimum Gasteiger partial charge on any atom is -0.490 e. The zero-order valence-corrected chi connectivity index (χ0v) is 18.2. The molecule has 1 amide bonds. The standard InChI is InChI=1S/C19H28N4O3.HI/c1-2-20-19(21-9-4-11-23-10-3-6-18(23)24)22-15-7-8-16-17(14-15)26-13-5-12-25-16;/h7-8,14H,2-6,9-13H2,1H3,(H2,20,21,22);1H. The summed E-state index contributed by atoms with van der Waals surface area (Å²) in [5.74, 6) is 2.54. The molecule has 27 heavy (non-hydrogen) atoms. The highest BCUT2D eigenvalue weighted by Crippen LogP contribution is 2.32. The molecule has 3 rings (SSSR count). The molecule has 0 radical (unpaired) electrons. The second-order valence-electron chi connectivity index (χ2n) is 6.44. The van der Waals surface area contributed by atoms with Crippen LogP contribution in [-0.4, -0.2) is 56.2 Å². The van der Waals surface area contributed by atoms with Gasteiger partial charge in [0.25, 0.3) is 0 Å². The maximum Gasteiger partial charge on any atom is 0.222 e. The number of guanidine groups is 1. The number of likely N-dealkylation sites (tertiary alicyclic amines) is 1. The highest BCUT2D eigenvalue weighted by Gasteiger charge is 2.18. The lowest BCUT2D eigenvalue weighted by molar-refractivity contribution is -0.127. The molecule has 2 aliphatic heterocycles. The predicted octanol–water partition coefficient (Wildman–Crippen LogP) is 2.86. The van der Waals surface area contributed by atoms with Crippen LogP contribution >= 0.6 is 24.0 Å². The average molecular weight is 488 g/mol. The highest BCUT2D eigenvalue weighted by molar-refractivity contribution is 14.0. The van der Waals surface area contributed by atoms with Crippen molar-refractivity contribution in [3.8, 4) is 11.5 Å². The van der Waals surface area contributed by atoms with Crippen LogP contribution < -0.4 is 20.1 Å². The molecule has 0 unspecified atom stereocenters.